The Bertz CT molecular complexity index is 255. The average Bonchev–Trinajstić information content (AvgIpc) is 2.09. The summed E-state index contributed by atoms with van der Waals surface area (Å²) in [6.45, 7) is 6.09. The largest absolute Gasteiger partial charge is 0.271 e. The minimum absolute atomic E-state index is 0.0769. The standard InChI is InChI=1S/C9H16N4/c1-6(2)9(13-10)8-5-11-7(3)4-12-8/h4-6,9,13H,10H2,1-3H3. The van der Waals surface area contributed by atoms with E-state index in [0.29, 0.717) is 5.92 Å². The van der Waals surface area contributed by atoms with Gasteiger partial charge in [0.05, 0.1) is 23.6 Å². The van der Waals surface area contributed by atoms with Crippen molar-refractivity contribution in [3.8, 4) is 0 Å². The molecule has 0 aliphatic rings. The fourth-order valence-corrected chi connectivity index (χ4v) is 1.18. The lowest BCUT2D eigenvalue weighted by Gasteiger charge is -2.18. The van der Waals surface area contributed by atoms with Crippen LogP contribution in [-0.2, 0) is 0 Å². The number of hydrogen-bond acceptors (Lipinski definition) is 4. The molecule has 4 heteroatoms. The average molecular weight is 180 g/mol. The highest BCUT2D eigenvalue weighted by Crippen LogP contribution is 2.17. The van der Waals surface area contributed by atoms with Crippen LogP contribution in [0.1, 0.15) is 31.3 Å². The molecule has 0 amide bonds. The van der Waals surface area contributed by atoms with Crippen molar-refractivity contribution in [2.24, 2.45) is 11.8 Å². The lowest BCUT2D eigenvalue weighted by Crippen LogP contribution is -2.32. The molecular weight excluding hydrogens is 164 g/mol. The Kier molecular flexibility index (Phi) is 3.33. The van der Waals surface area contributed by atoms with Gasteiger partial charge in [-0.2, -0.15) is 0 Å². The highest BCUT2D eigenvalue weighted by molar-refractivity contribution is 5.06. The van der Waals surface area contributed by atoms with Gasteiger partial charge in [0.1, 0.15) is 0 Å². The molecule has 1 aromatic rings. The predicted octanol–water partition coefficient (Wildman–Crippen LogP) is 0.945. The van der Waals surface area contributed by atoms with E-state index in [1.807, 2.05) is 6.92 Å². The lowest BCUT2D eigenvalue weighted by molar-refractivity contribution is 0.411. The van der Waals surface area contributed by atoms with E-state index in [9.17, 15) is 0 Å². The minimum Gasteiger partial charge on any atom is -0.271 e. The van der Waals surface area contributed by atoms with Crippen molar-refractivity contribution in [2.75, 3.05) is 0 Å². The molecule has 0 saturated heterocycles. The zero-order valence-corrected chi connectivity index (χ0v) is 8.28. The smallest absolute Gasteiger partial charge is 0.0772 e. The van der Waals surface area contributed by atoms with E-state index in [2.05, 4.69) is 29.2 Å². The van der Waals surface area contributed by atoms with Crippen LogP contribution in [0.15, 0.2) is 12.4 Å². The molecule has 1 rings (SSSR count). The van der Waals surface area contributed by atoms with Crippen LogP contribution in [0.25, 0.3) is 0 Å². The summed E-state index contributed by atoms with van der Waals surface area (Å²) in [7, 11) is 0. The predicted molar refractivity (Wildman–Crippen MR) is 51.7 cm³/mol. The molecule has 0 bridgehead atoms. The number of hydrazine groups is 1. The Labute approximate surface area is 78.6 Å². The van der Waals surface area contributed by atoms with Gasteiger partial charge in [-0.15, -0.1) is 0 Å². The summed E-state index contributed by atoms with van der Waals surface area (Å²) >= 11 is 0. The molecule has 0 saturated carbocycles. The second-order valence-electron chi connectivity index (χ2n) is 3.47. The van der Waals surface area contributed by atoms with Gasteiger partial charge >= 0.3 is 0 Å². The first kappa shape index (κ1) is 10.1. The van der Waals surface area contributed by atoms with Gasteiger partial charge in [0, 0.05) is 6.20 Å². The van der Waals surface area contributed by atoms with Crippen molar-refractivity contribution in [3.05, 3.63) is 23.8 Å². The van der Waals surface area contributed by atoms with Gasteiger partial charge < -0.3 is 0 Å². The topological polar surface area (TPSA) is 63.8 Å². The molecule has 3 N–H and O–H groups in total. The van der Waals surface area contributed by atoms with Gasteiger partial charge in [-0.3, -0.25) is 21.2 Å². The Hall–Kier alpha value is -1.00. The SMILES string of the molecule is Cc1cnc(C(NN)C(C)C)cn1. The van der Waals surface area contributed by atoms with Crippen LogP contribution in [0, 0.1) is 12.8 Å². The van der Waals surface area contributed by atoms with Crippen LogP contribution in [0.3, 0.4) is 0 Å². The first-order valence-electron chi connectivity index (χ1n) is 4.40. The molecule has 13 heavy (non-hydrogen) atoms. The number of nitrogens with one attached hydrogen (secondary N) is 1. The van der Waals surface area contributed by atoms with Crippen molar-refractivity contribution in [3.63, 3.8) is 0 Å². The van der Waals surface area contributed by atoms with Crippen molar-refractivity contribution >= 4 is 0 Å². The highest BCUT2D eigenvalue weighted by atomic mass is 15.2. The van der Waals surface area contributed by atoms with E-state index >= 15 is 0 Å². The number of aryl methyl sites for hydroxylation is 1. The second-order valence-corrected chi connectivity index (χ2v) is 3.47. The number of aromatic nitrogens is 2. The Morgan fingerprint density at radius 1 is 1.31 bits per heavy atom. The third-order valence-electron chi connectivity index (χ3n) is 1.97. The van der Waals surface area contributed by atoms with E-state index in [0.717, 1.165) is 11.4 Å². The van der Waals surface area contributed by atoms with E-state index in [4.69, 9.17) is 5.84 Å². The van der Waals surface area contributed by atoms with Gasteiger partial charge in [0.25, 0.3) is 0 Å². The maximum atomic E-state index is 5.43. The number of rotatable bonds is 3. The fraction of sp³-hybridized carbons (Fsp3) is 0.556. The minimum atomic E-state index is 0.0769. The maximum absolute atomic E-state index is 5.43. The lowest BCUT2D eigenvalue weighted by atomic mass is 10.0. The van der Waals surface area contributed by atoms with E-state index in [-0.39, 0.29) is 6.04 Å². The van der Waals surface area contributed by atoms with Crippen molar-refractivity contribution in [2.45, 2.75) is 26.8 Å². The summed E-state index contributed by atoms with van der Waals surface area (Å²) in [5, 5.41) is 0. The summed E-state index contributed by atoms with van der Waals surface area (Å²) in [4.78, 5) is 8.44. The molecule has 1 aromatic heterocycles. The van der Waals surface area contributed by atoms with Gasteiger partial charge in [-0.25, -0.2) is 0 Å². The molecule has 0 fully saturated rings. The van der Waals surface area contributed by atoms with Crippen LogP contribution in [0.2, 0.25) is 0 Å². The molecule has 1 atom stereocenters. The van der Waals surface area contributed by atoms with Gasteiger partial charge in [-0.1, -0.05) is 13.8 Å². The molecule has 0 aliphatic heterocycles. The maximum Gasteiger partial charge on any atom is 0.0772 e. The number of hydrogen-bond donors (Lipinski definition) is 2. The van der Waals surface area contributed by atoms with Crippen LogP contribution in [-0.4, -0.2) is 9.97 Å². The first-order chi connectivity index (χ1) is 6.15. The zero-order valence-electron chi connectivity index (χ0n) is 8.28. The summed E-state index contributed by atoms with van der Waals surface area (Å²) < 4.78 is 0. The van der Waals surface area contributed by atoms with Crippen molar-refractivity contribution in [1.82, 2.24) is 15.4 Å². The third kappa shape index (κ3) is 2.47. The molecule has 4 nitrogen and oxygen atoms in total. The molecule has 1 heterocycles. The van der Waals surface area contributed by atoms with Gasteiger partial charge in [-0.05, 0) is 12.8 Å². The molecule has 0 radical (unpaired) electrons. The molecule has 0 aliphatic carbocycles. The molecule has 0 spiro atoms. The zero-order chi connectivity index (χ0) is 9.84. The Balaban J connectivity index is 2.86. The van der Waals surface area contributed by atoms with Crippen LogP contribution in [0.4, 0.5) is 0 Å². The summed E-state index contributed by atoms with van der Waals surface area (Å²) in [6.07, 6.45) is 3.52. The third-order valence-corrected chi connectivity index (χ3v) is 1.97. The molecule has 1 unspecified atom stereocenters. The van der Waals surface area contributed by atoms with E-state index in [1.165, 1.54) is 0 Å². The molecule has 0 aromatic carbocycles. The summed E-state index contributed by atoms with van der Waals surface area (Å²) in [5.41, 5.74) is 4.55. The highest BCUT2D eigenvalue weighted by Gasteiger charge is 2.14. The quantitative estimate of drug-likeness (QED) is 0.537. The van der Waals surface area contributed by atoms with E-state index < -0.39 is 0 Å². The van der Waals surface area contributed by atoms with Crippen LogP contribution in [0.5, 0.6) is 0 Å². The monoisotopic (exact) mass is 180 g/mol. The summed E-state index contributed by atoms with van der Waals surface area (Å²) in [5.74, 6) is 5.83. The van der Waals surface area contributed by atoms with Gasteiger partial charge in [0.2, 0.25) is 0 Å². The number of nitrogens with two attached hydrogens (primary N) is 1. The van der Waals surface area contributed by atoms with Crippen molar-refractivity contribution in [1.29, 1.82) is 0 Å². The fourth-order valence-electron chi connectivity index (χ4n) is 1.18. The summed E-state index contributed by atoms with van der Waals surface area (Å²) in [6, 6.07) is 0.0769. The van der Waals surface area contributed by atoms with Crippen LogP contribution >= 0.6 is 0 Å². The second kappa shape index (κ2) is 4.30. The Morgan fingerprint density at radius 3 is 2.38 bits per heavy atom. The normalized spacial score (nSPS) is 13.3. The van der Waals surface area contributed by atoms with Gasteiger partial charge in [0.15, 0.2) is 0 Å². The first-order valence-corrected chi connectivity index (χ1v) is 4.40. The van der Waals surface area contributed by atoms with E-state index in [1.54, 1.807) is 12.4 Å². The Morgan fingerprint density at radius 2 is 2.00 bits per heavy atom. The van der Waals surface area contributed by atoms with Crippen molar-refractivity contribution < 1.29 is 0 Å². The molecular formula is C9H16N4. The number of nitrogens with zero attached hydrogens (tertiary/aromatic N) is 2. The van der Waals surface area contributed by atoms with Crippen LogP contribution < -0.4 is 11.3 Å². The molecule has 72 valence electrons.